The number of rotatable bonds is 4. The quantitative estimate of drug-likeness (QED) is 0.465. The first-order chi connectivity index (χ1) is 9.65. The molecular formula is C17H22IN3. The number of benzene rings is 2. The minimum atomic E-state index is 0. The monoisotopic (exact) mass is 395 g/mol. The number of anilines is 1. The van der Waals surface area contributed by atoms with Gasteiger partial charge in [-0.2, -0.15) is 0 Å². The molecule has 4 heteroatoms. The van der Waals surface area contributed by atoms with Gasteiger partial charge in [0, 0.05) is 18.2 Å². The van der Waals surface area contributed by atoms with Crippen LogP contribution >= 0.6 is 24.0 Å². The Morgan fingerprint density at radius 1 is 1.10 bits per heavy atom. The Morgan fingerprint density at radius 3 is 2.33 bits per heavy atom. The Kier molecular flexibility index (Phi) is 7.22. The first kappa shape index (κ1) is 17.5. The van der Waals surface area contributed by atoms with Crippen molar-refractivity contribution in [2.45, 2.75) is 19.8 Å². The number of aryl methyl sites for hydroxylation is 1. The van der Waals surface area contributed by atoms with Crippen molar-refractivity contribution in [1.29, 1.82) is 0 Å². The second-order valence-electron chi connectivity index (χ2n) is 5.03. The van der Waals surface area contributed by atoms with Crippen molar-refractivity contribution in [2.24, 2.45) is 10.7 Å². The van der Waals surface area contributed by atoms with Crippen LogP contribution in [0.25, 0.3) is 0 Å². The first-order valence-electron chi connectivity index (χ1n) is 6.83. The van der Waals surface area contributed by atoms with Gasteiger partial charge in [-0.05, 0) is 24.6 Å². The first-order valence-corrected chi connectivity index (χ1v) is 6.83. The summed E-state index contributed by atoms with van der Waals surface area (Å²) in [5, 5.41) is 3.10. The summed E-state index contributed by atoms with van der Waals surface area (Å²) in [4.78, 5) is 4.40. The van der Waals surface area contributed by atoms with Gasteiger partial charge in [0.1, 0.15) is 0 Å². The van der Waals surface area contributed by atoms with E-state index in [1.807, 2.05) is 42.5 Å². The minimum absolute atomic E-state index is 0. The van der Waals surface area contributed by atoms with Gasteiger partial charge in [0.2, 0.25) is 0 Å². The van der Waals surface area contributed by atoms with Crippen molar-refractivity contribution in [3.63, 3.8) is 0 Å². The van der Waals surface area contributed by atoms with Crippen molar-refractivity contribution < 1.29 is 0 Å². The lowest BCUT2D eigenvalue weighted by molar-refractivity contribution is 0.774. The number of nitrogens with two attached hydrogens (primary N) is 1. The largest absolute Gasteiger partial charge is 0.370 e. The summed E-state index contributed by atoms with van der Waals surface area (Å²) in [5.74, 6) is 0.811. The lowest BCUT2D eigenvalue weighted by Gasteiger charge is -2.10. The number of hydrogen-bond acceptors (Lipinski definition) is 1. The highest BCUT2D eigenvalue weighted by Gasteiger charge is 2.04. The zero-order valence-electron chi connectivity index (χ0n) is 12.4. The molecule has 1 atom stereocenters. The Hall–Kier alpha value is -1.56. The third kappa shape index (κ3) is 5.75. The zero-order valence-corrected chi connectivity index (χ0v) is 14.7. The summed E-state index contributed by atoms with van der Waals surface area (Å²) in [6, 6.07) is 18.4. The topological polar surface area (TPSA) is 50.4 Å². The number of guanidine groups is 1. The van der Waals surface area contributed by atoms with Gasteiger partial charge in [0.15, 0.2) is 5.96 Å². The van der Waals surface area contributed by atoms with E-state index >= 15 is 0 Å². The fourth-order valence-electron chi connectivity index (χ4n) is 1.95. The second kappa shape index (κ2) is 8.67. The summed E-state index contributed by atoms with van der Waals surface area (Å²) in [6.45, 7) is 4.88. The van der Waals surface area contributed by atoms with Crippen molar-refractivity contribution in [3.05, 3.63) is 65.7 Å². The maximum absolute atomic E-state index is 5.91. The zero-order chi connectivity index (χ0) is 14.4. The molecule has 0 aliphatic heterocycles. The van der Waals surface area contributed by atoms with Crippen LogP contribution in [0.1, 0.15) is 24.0 Å². The van der Waals surface area contributed by atoms with E-state index in [1.54, 1.807) is 0 Å². The van der Waals surface area contributed by atoms with E-state index in [9.17, 15) is 0 Å². The molecule has 0 amide bonds. The van der Waals surface area contributed by atoms with Gasteiger partial charge in [0.05, 0.1) is 0 Å². The Morgan fingerprint density at radius 2 is 1.71 bits per heavy atom. The van der Waals surface area contributed by atoms with E-state index in [1.165, 1.54) is 11.1 Å². The van der Waals surface area contributed by atoms with Crippen LogP contribution in [0.15, 0.2) is 59.6 Å². The molecule has 0 aliphatic rings. The van der Waals surface area contributed by atoms with E-state index in [0.29, 0.717) is 18.4 Å². The number of hydrogen-bond donors (Lipinski definition) is 2. The second-order valence-corrected chi connectivity index (χ2v) is 5.03. The Bertz CT molecular complexity index is 564. The summed E-state index contributed by atoms with van der Waals surface area (Å²) >= 11 is 0. The molecule has 2 rings (SSSR count). The molecule has 0 heterocycles. The smallest absolute Gasteiger partial charge is 0.193 e. The predicted molar refractivity (Wildman–Crippen MR) is 102 cm³/mol. The normalized spacial score (nSPS) is 12.4. The molecule has 21 heavy (non-hydrogen) atoms. The molecule has 0 saturated carbocycles. The molecule has 0 radical (unpaired) electrons. The third-order valence-corrected chi connectivity index (χ3v) is 3.23. The summed E-state index contributed by atoms with van der Waals surface area (Å²) in [5.41, 5.74) is 9.37. The number of nitrogens with one attached hydrogen (secondary N) is 1. The molecule has 0 aliphatic carbocycles. The molecular weight excluding hydrogens is 373 g/mol. The van der Waals surface area contributed by atoms with Crippen LogP contribution in [0.3, 0.4) is 0 Å². The standard InChI is InChI=1S/C17H21N3.HI/c1-13-8-10-16(11-9-13)20-17(18)19-12-14(2)15-6-4-3-5-7-15;/h3-11,14H,12H2,1-2H3,(H3,18,19,20);1H. The highest BCUT2D eigenvalue weighted by atomic mass is 127. The van der Waals surface area contributed by atoms with E-state index in [0.717, 1.165) is 5.69 Å². The molecule has 2 aromatic carbocycles. The lowest BCUT2D eigenvalue weighted by Crippen LogP contribution is -2.23. The van der Waals surface area contributed by atoms with Gasteiger partial charge in [-0.15, -0.1) is 24.0 Å². The Labute approximate surface area is 143 Å². The lowest BCUT2D eigenvalue weighted by atomic mass is 10.0. The third-order valence-electron chi connectivity index (χ3n) is 3.23. The van der Waals surface area contributed by atoms with Crippen LogP contribution < -0.4 is 11.1 Å². The summed E-state index contributed by atoms with van der Waals surface area (Å²) in [6.07, 6.45) is 0. The van der Waals surface area contributed by atoms with Crippen molar-refractivity contribution in [1.82, 2.24) is 0 Å². The van der Waals surface area contributed by atoms with Gasteiger partial charge in [-0.1, -0.05) is 55.0 Å². The maximum atomic E-state index is 5.91. The average molecular weight is 395 g/mol. The van der Waals surface area contributed by atoms with Gasteiger partial charge < -0.3 is 11.1 Å². The van der Waals surface area contributed by atoms with E-state index < -0.39 is 0 Å². The maximum Gasteiger partial charge on any atom is 0.193 e. The SMILES string of the molecule is Cc1ccc(NC(N)=NCC(C)c2ccccc2)cc1.I. The van der Waals surface area contributed by atoms with Crippen molar-refractivity contribution in [3.8, 4) is 0 Å². The molecule has 0 fully saturated rings. The van der Waals surface area contributed by atoms with Crippen LogP contribution in [0.5, 0.6) is 0 Å². The van der Waals surface area contributed by atoms with Gasteiger partial charge in [-0.3, -0.25) is 4.99 Å². The molecule has 1 unspecified atom stereocenters. The van der Waals surface area contributed by atoms with Crippen LogP contribution in [0.4, 0.5) is 5.69 Å². The number of nitrogens with zero attached hydrogens (tertiary/aromatic N) is 1. The van der Waals surface area contributed by atoms with E-state index in [-0.39, 0.29) is 24.0 Å². The molecule has 0 aromatic heterocycles. The van der Waals surface area contributed by atoms with Crippen molar-refractivity contribution >= 4 is 35.6 Å². The predicted octanol–water partition coefficient (Wildman–Crippen LogP) is 4.14. The van der Waals surface area contributed by atoms with Crippen LogP contribution in [-0.2, 0) is 0 Å². The molecule has 2 aromatic rings. The van der Waals surface area contributed by atoms with Crippen LogP contribution in [0, 0.1) is 6.92 Å². The molecule has 0 bridgehead atoms. The Balaban J connectivity index is 0.00000220. The fraction of sp³-hybridized carbons (Fsp3) is 0.235. The van der Waals surface area contributed by atoms with Gasteiger partial charge in [-0.25, -0.2) is 0 Å². The van der Waals surface area contributed by atoms with E-state index in [4.69, 9.17) is 5.73 Å². The van der Waals surface area contributed by atoms with Crippen LogP contribution in [-0.4, -0.2) is 12.5 Å². The molecule has 3 nitrogen and oxygen atoms in total. The summed E-state index contributed by atoms with van der Waals surface area (Å²) in [7, 11) is 0. The highest BCUT2D eigenvalue weighted by molar-refractivity contribution is 14.0. The number of aliphatic imine (C=N–C) groups is 1. The number of halogens is 1. The van der Waals surface area contributed by atoms with Gasteiger partial charge >= 0.3 is 0 Å². The molecule has 112 valence electrons. The average Bonchev–Trinajstić information content (AvgIpc) is 2.48. The van der Waals surface area contributed by atoms with Crippen molar-refractivity contribution in [2.75, 3.05) is 11.9 Å². The minimum Gasteiger partial charge on any atom is -0.370 e. The highest BCUT2D eigenvalue weighted by Crippen LogP contribution is 2.14. The van der Waals surface area contributed by atoms with Crippen LogP contribution in [0.2, 0.25) is 0 Å². The molecule has 0 spiro atoms. The van der Waals surface area contributed by atoms with E-state index in [2.05, 4.69) is 36.3 Å². The van der Waals surface area contributed by atoms with Gasteiger partial charge in [0.25, 0.3) is 0 Å². The molecule has 0 saturated heterocycles. The molecule has 3 N–H and O–H groups in total. The summed E-state index contributed by atoms with van der Waals surface area (Å²) < 4.78 is 0. The fourth-order valence-corrected chi connectivity index (χ4v) is 1.95.